The topological polar surface area (TPSA) is 89.7 Å². The zero-order chi connectivity index (χ0) is 21.6. The van der Waals surface area contributed by atoms with Gasteiger partial charge >= 0.3 is 5.97 Å². The molecule has 2 aliphatic rings. The molecule has 0 saturated carbocycles. The highest BCUT2D eigenvalue weighted by atomic mass is 79.9. The Morgan fingerprint density at radius 2 is 1.97 bits per heavy atom. The predicted octanol–water partition coefficient (Wildman–Crippen LogP) is 3.22. The lowest BCUT2D eigenvalue weighted by molar-refractivity contribution is -0.168. The maximum absolute atomic E-state index is 13.1. The second-order valence-corrected chi connectivity index (χ2v) is 11.9. The van der Waals surface area contributed by atoms with E-state index in [1.54, 1.807) is 24.3 Å². The molecule has 2 saturated heterocycles. The summed E-state index contributed by atoms with van der Waals surface area (Å²) in [5.74, 6) is -3.01. The largest absolute Gasteiger partial charge is 0.460 e. The third-order valence-electron chi connectivity index (χ3n) is 5.06. The van der Waals surface area contributed by atoms with Crippen molar-refractivity contribution in [3.63, 3.8) is 0 Å². The number of hydrogen-bond acceptors (Lipinski definition) is 5. The van der Waals surface area contributed by atoms with E-state index in [1.807, 2.05) is 13.0 Å². The van der Waals surface area contributed by atoms with Crippen LogP contribution >= 0.6 is 62.5 Å². The van der Waals surface area contributed by atoms with Crippen molar-refractivity contribution < 1.29 is 19.1 Å². The van der Waals surface area contributed by atoms with Crippen LogP contribution in [0.4, 0.5) is 0 Å². The highest BCUT2D eigenvalue weighted by molar-refractivity contribution is 9.09. The van der Waals surface area contributed by atoms with Gasteiger partial charge in [-0.15, -0.1) is 11.8 Å². The predicted molar refractivity (Wildman–Crippen MR) is 117 cm³/mol. The van der Waals surface area contributed by atoms with Crippen molar-refractivity contribution in [1.82, 2.24) is 4.90 Å². The molecule has 2 fully saturated rings. The highest BCUT2D eigenvalue weighted by Gasteiger charge is 2.67. The number of amides is 2. The first-order valence-corrected chi connectivity index (χ1v) is 11.8. The van der Waals surface area contributed by atoms with Crippen molar-refractivity contribution in [2.24, 2.45) is 11.7 Å². The van der Waals surface area contributed by atoms with Crippen LogP contribution in [-0.4, -0.2) is 54.6 Å². The van der Waals surface area contributed by atoms with Crippen LogP contribution in [0.1, 0.15) is 18.4 Å². The van der Waals surface area contributed by atoms with Crippen molar-refractivity contribution in [2.45, 2.75) is 32.8 Å². The smallest absolute Gasteiger partial charge is 0.330 e. The molecule has 1 aromatic carbocycles. The van der Waals surface area contributed by atoms with Gasteiger partial charge in [0, 0.05) is 5.33 Å². The van der Waals surface area contributed by atoms with E-state index in [9.17, 15) is 14.4 Å². The third kappa shape index (κ3) is 4.37. The molecule has 1 aromatic rings. The number of nitrogens with two attached hydrogens (primary N) is 1. The Morgan fingerprint density at radius 1 is 1.34 bits per heavy atom. The minimum absolute atomic E-state index is 0.323. The van der Waals surface area contributed by atoms with Crippen LogP contribution in [0.2, 0.25) is 0 Å². The van der Waals surface area contributed by atoms with Gasteiger partial charge in [-0.3, -0.25) is 9.59 Å². The minimum Gasteiger partial charge on any atom is -0.460 e. The normalized spacial score (nSPS) is 29.8. The Labute approximate surface area is 195 Å². The van der Waals surface area contributed by atoms with Crippen LogP contribution in [0.5, 0.6) is 0 Å². The molecule has 2 heterocycles. The number of rotatable bonds is 6. The summed E-state index contributed by atoms with van der Waals surface area (Å²) < 4.78 is 2.73. The van der Waals surface area contributed by atoms with Gasteiger partial charge in [-0.25, -0.2) is 4.79 Å². The van der Waals surface area contributed by atoms with Gasteiger partial charge in [0.05, 0.1) is 22.0 Å². The standard InChI is InChI=1S/C18H18BrCl3N2O4S/c1-17(7-19)12(16(27)28-8-18(20,21)22)24-14(26)11(15(24)29-17)10(13(23)25)9-5-3-2-4-6-9/h2-6,10-12,15H,7-8H2,1H3,(H2,23,25). The van der Waals surface area contributed by atoms with Crippen molar-refractivity contribution in [1.29, 1.82) is 0 Å². The molecule has 0 spiro atoms. The lowest BCUT2D eigenvalue weighted by Gasteiger charge is -2.46. The number of ether oxygens (including phenoxy) is 1. The maximum Gasteiger partial charge on any atom is 0.330 e. The van der Waals surface area contributed by atoms with Crippen LogP contribution in [0.25, 0.3) is 0 Å². The molecule has 29 heavy (non-hydrogen) atoms. The summed E-state index contributed by atoms with van der Waals surface area (Å²) in [6.45, 7) is 1.41. The van der Waals surface area contributed by atoms with Crippen molar-refractivity contribution in [2.75, 3.05) is 11.9 Å². The van der Waals surface area contributed by atoms with Crippen molar-refractivity contribution in [3.8, 4) is 0 Å². The average Bonchev–Trinajstić information content (AvgIpc) is 2.94. The minimum atomic E-state index is -1.75. The number of esters is 1. The first-order valence-electron chi connectivity index (χ1n) is 8.64. The molecule has 2 amide bonds. The first kappa shape index (κ1) is 23.0. The highest BCUT2D eigenvalue weighted by Crippen LogP contribution is 2.57. The number of carbonyl (C=O) groups is 3. The van der Waals surface area contributed by atoms with Gasteiger partial charge in [0.2, 0.25) is 15.6 Å². The number of carbonyl (C=O) groups excluding carboxylic acids is 3. The average molecular weight is 545 g/mol. The Kier molecular flexibility index (Phi) is 6.71. The van der Waals surface area contributed by atoms with E-state index in [2.05, 4.69) is 15.9 Å². The van der Waals surface area contributed by atoms with E-state index in [-0.39, 0.29) is 5.91 Å². The molecule has 0 aromatic heterocycles. The lowest BCUT2D eigenvalue weighted by Crippen LogP contribution is -2.65. The lowest BCUT2D eigenvalue weighted by atomic mass is 9.78. The van der Waals surface area contributed by atoms with Gasteiger partial charge in [-0.1, -0.05) is 81.1 Å². The number of alkyl halides is 4. The van der Waals surface area contributed by atoms with E-state index in [1.165, 1.54) is 16.7 Å². The fourth-order valence-corrected chi connectivity index (χ4v) is 6.34. The summed E-state index contributed by atoms with van der Waals surface area (Å²) in [7, 11) is 0. The molecular weight excluding hydrogens is 527 g/mol. The molecule has 0 aliphatic carbocycles. The Morgan fingerprint density at radius 3 is 2.48 bits per heavy atom. The van der Waals surface area contributed by atoms with Crippen LogP contribution < -0.4 is 5.73 Å². The van der Waals surface area contributed by atoms with Gasteiger partial charge in [0.15, 0.2) is 0 Å². The molecule has 5 atom stereocenters. The quantitative estimate of drug-likeness (QED) is 0.338. The summed E-state index contributed by atoms with van der Waals surface area (Å²) in [5, 5.41) is 0.0192. The molecule has 0 radical (unpaired) electrons. The Hall–Kier alpha value is -0.670. The molecule has 158 valence electrons. The van der Waals surface area contributed by atoms with Crippen LogP contribution in [0.15, 0.2) is 30.3 Å². The Bertz CT molecular complexity index is 825. The van der Waals surface area contributed by atoms with Crippen molar-refractivity contribution >= 4 is 80.3 Å². The van der Waals surface area contributed by atoms with E-state index in [4.69, 9.17) is 45.3 Å². The zero-order valence-corrected chi connectivity index (χ0v) is 19.9. The maximum atomic E-state index is 13.1. The molecule has 5 unspecified atom stereocenters. The van der Waals surface area contributed by atoms with Gasteiger partial charge in [-0.2, -0.15) is 0 Å². The second-order valence-electron chi connectivity index (χ2n) is 7.14. The molecule has 0 bridgehead atoms. The van der Waals surface area contributed by atoms with E-state index < -0.39 is 50.3 Å². The van der Waals surface area contributed by atoms with Gasteiger partial charge in [0.25, 0.3) is 0 Å². The first-order chi connectivity index (χ1) is 13.5. The molecular formula is C18H18BrCl3N2O4S. The van der Waals surface area contributed by atoms with Gasteiger partial charge < -0.3 is 15.4 Å². The third-order valence-corrected chi connectivity index (χ3v) is 8.59. The number of nitrogens with zero attached hydrogens (tertiary/aromatic N) is 1. The zero-order valence-electron chi connectivity index (χ0n) is 15.2. The van der Waals surface area contributed by atoms with Crippen LogP contribution in [-0.2, 0) is 19.1 Å². The molecule has 11 heteroatoms. The molecule has 2 aliphatic heterocycles. The summed E-state index contributed by atoms with van der Waals surface area (Å²) in [4.78, 5) is 39.5. The van der Waals surface area contributed by atoms with Crippen LogP contribution in [0, 0.1) is 5.92 Å². The Balaban J connectivity index is 1.88. The number of benzene rings is 1. The number of fused-ring (bicyclic) bond motifs is 1. The van der Waals surface area contributed by atoms with Crippen LogP contribution in [0.3, 0.4) is 0 Å². The number of β-lactam (4-membered cyclic amide) rings is 1. The molecule has 6 nitrogen and oxygen atoms in total. The van der Waals surface area contributed by atoms with E-state index in [0.29, 0.717) is 10.9 Å². The van der Waals surface area contributed by atoms with E-state index >= 15 is 0 Å². The monoisotopic (exact) mass is 542 g/mol. The molecule has 2 N–H and O–H groups in total. The number of hydrogen-bond donors (Lipinski definition) is 1. The number of halogens is 4. The summed E-state index contributed by atoms with van der Waals surface area (Å²) >= 11 is 21.9. The summed E-state index contributed by atoms with van der Waals surface area (Å²) in [5.41, 5.74) is 6.32. The summed E-state index contributed by atoms with van der Waals surface area (Å²) in [6, 6.07) is 8.04. The fraction of sp³-hybridized carbons (Fsp3) is 0.500. The molecule has 3 rings (SSSR count). The number of thioether (sulfide) groups is 1. The van der Waals surface area contributed by atoms with Gasteiger partial charge in [-0.05, 0) is 12.5 Å². The number of primary amides is 1. The second kappa shape index (κ2) is 8.46. The van der Waals surface area contributed by atoms with Gasteiger partial charge in [0.1, 0.15) is 12.6 Å². The fourth-order valence-electron chi connectivity index (χ4n) is 3.76. The van der Waals surface area contributed by atoms with E-state index in [0.717, 1.165) is 0 Å². The SMILES string of the molecule is CC1(CBr)SC2C(C(C(N)=O)c3ccccc3)C(=O)N2C1C(=O)OCC(Cl)(Cl)Cl. The summed E-state index contributed by atoms with van der Waals surface area (Å²) in [6.07, 6.45) is 0. The van der Waals surface area contributed by atoms with Crippen molar-refractivity contribution in [3.05, 3.63) is 35.9 Å².